The smallest absolute Gasteiger partial charge is 0.236 e. The molecule has 50 heavy (non-hydrogen) atoms. The summed E-state index contributed by atoms with van der Waals surface area (Å²) in [7, 11) is 13.4. The maximum Gasteiger partial charge on any atom is 0.236 e. The second kappa shape index (κ2) is 30.0. The number of aldehydes is 1. The van der Waals surface area contributed by atoms with Crippen LogP contribution in [0.1, 0.15) is 114 Å². The Balaban J connectivity index is -0.00000101. The van der Waals surface area contributed by atoms with Crippen molar-refractivity contribution in [3.63, 3.8) is 0 Å². The molecule has 0 saturated carbocycles. The van der Waals surface area contributed by atoms with E-state index in [-0.39, 0.29) is 23.3 Å². The number of amides is 1. The normalized spacial score (nSPS) is 21.5. The van der Waals surface area contributed by atoms with Crippen LogP contribution >= 0.6 is 0 Å². The van der Waals surface area contributed by atoms with Crippen molar-refractivity contribution >= 4 is 18.0 Å². The fourth-order valence-corrected chi connectivity index (χ4v) is 5.95. The SMILES string of the molecule is CC.CC.CC.CC1CC(N(C)C)CC(OF)O1.COCC1(N(C)CCC[C@](C)(CCC(=O)C(C)C=O)OC)CCN(C(=O)CN(C)C)CC1. The van der Waals surface area contributed by atoms with E-state index in [4.69, 9.17) is 14.2 Å². The first-order valence-corrected chi connectivity index (χ1v) is 18.9. The minimum atomic E-state index is -0.679. The van der Waals surface area contributed by atoms with Crippen LogP contribution in [0, 0.1) is 5.92 Å². The van der Waals surface area contributed by atoms with E-state index in [1.807, 2.05) is 93.4 Å². The van der Waals surface area contributed by atoms with Gasteiger partial charge in [0.15, 0.2) is 6.29 Å². The number of carbonyl (C=O) groups is 3. The van der Waals surface area contributed by atoms with Gasteiger partial charge in [-0.15, -0.1) is 0 Å². The molecule has 0 aromatic carbocycles. The Bertz CT molecular complexity index is 859. The molecule has 12 heteroatoms. The summed E-state index contributed by atoms with van der Waals surface area (Å²) >= 11 is 0. The molecule has 4 unspecified atom stereocenters. The molecule has 0 N–H and O–H groups in total. The Kier molecular flexibility index (Phi) is 31.7. The number of hydrogen-bond acceptors (Lipinski definition) is 10. The fraction of sp³-hybridized carbons (Fsp3) is 0.921. The summed E-state index contributed by atoms with van der Waals surface area (Å²) in [6.45, 7) is 21.1. The molecule has 0 radical (unpaired) electrons. The molecule has 2 rings (SSSR count). The highest BCUT2D eigenvalue weighted by molar-refractivity contribution is 5.92. The third-order valence-corrected chi connectivity index (χ3v) is 9.31. The van der Waals surface area contributed by atoms with Gasteiger partial charge in [-0.05, 0) is 106 Å². The van der Waals surface area contributed by atoms with E-state index in [1.165, 1.54) is 0 Å². The molecular formula is C38H79FN4O7. The lowest BCUT2D eigenvalue weighted by Crippen LogP contribution is -2.58. The van der Waals surface area contributed by atoms with Crippen LogP contribution in [-0.4, -0.2) is 149 Å². The molecule has 2 heterocycles. The third kappa shape index (κ3) is 20.5. The second-order valence-corrected chi connectivity index (χ2v) is 13.4. The Morgan fingerprint density at radius 2 is 1.56 bits per heavy atom. The molecule has 2 aliphatic rings. The first-order chi connectivity index (χ1) is 23.7. The van der Waals surface area contributed by atoms with Crippen molar-refractivity contribution in [2.45, 2.75) is 143 Å². The zero-order chi connectivity index (χ0) is 39.5. The number of ketones is 1. The van der Waals surface area contributed by atoms with Gasteiger partial charge in [0.1, 0.15) is 12.1 Å². The largest absolute Gasteiger partial charge is 0.383 e. The number of piperidine rings is 1. The van der Waals surface area contributed by atoms with Gasteiger partial charge in [0.05, 0.1) is 30.8 Å². The molecule has 2 saturated heterocycles. The van der Waals surface area contributed by atoms with E-state index in [2.05, 4.69) is 21.8 Å². The van der Waals surface area contributed by atoms with Crippen LogP contribution in [0.3, 0.4) is 0 Å². The summed E-state index contributed by atoms with van der Waals surface area (Å²) in [5.41, 5.74) is -0.474. The number of likely N-dealkylation sites (tertiary alicyclic amines) is 1. The Morgan fingerprint density at radius 3 is 2.00 bits per heavy atom. The predicted octanol–water partition coefficient (Wildman–Crippen LogP) is 6.28. The zero-order valence-corrected chi connectivity index (χ0v) is 35.1. The topological polar surface area (TPSA) is 101 Å². The summed E-state index contributed by atoms with van der Waals surface area (Å²) in [6.07, 6.45) is 6.12. The molecule has 0 bridgehead atoms. The molecule has 0 aromatic heterocycles. The van der Waals surface area contributed by atoms with Crippen molar-refractivity contribution in [3.8, 4) is 0 Å². The number of carbonyl (C=O) groups excluding carboxylic acids is 3. The van der Waals surface area contributed by atoms with Gasteiger partial charge < -0.3 is 33.7 Å². The number of rotatable bonds is 17. The molecule has 5 atom stereocenters. The quantitative estimate of drug-likeness (QED) is 0.126. The Morgan fingerprint density at radius 1 is 1.00 bits per heavy atom. The van der Waals surface area contributed by atoms with Gasteiger partial charge in [-0.3, -0.25) is 14.5 Å². The summed E-state index contributed by atoms with van der Waals surface area (Å²) in [5, 5.41) is 0. The molecule has 0 spiro atoms. The van der Waals surface area contributed by atoms with Gasteiger partial charge >= 0.3 is 0 Å². The van der Waals surface area contributed by atoms with Crippen LogP contribution in [0.25, 0.3) is 0 Å². The average molecular weight is 723 g/mol. The monoisotopic (exact) mass is 723 g/mol. The van der Waals surface area contributed by atoms with Gasteiger partial charge in [0, 0.05) is 51.7 Å². The maximum absolute atomic E-state index is 12.4. The van der Waals surface area contributed by atoms with Gasteiger partial charge in [-0.1, -0.05) is 41.5 Å². The summed E-state index contributed by atoms with van der Waals surface area (Å²) < 4.78 is 28.4. The maximum atomic E-state index is 12.4. The zero-order valence-electron chi connectivity index (χ0n) is 35.1. The van der Waals surface area contributed by atoms with Gasteiger partial charge in [0.2, 0.25) is 5.91 Å². The van der Waals surface area contributed by atoms with Crippen molar-refractivity contribution in [2.75, 3.05) is 82.2 Å². The molecule has 2 aliphatic heterocycles. The minimum Gasteiger partial charge on any atom is -0.383 e. The van der Waals surface area contributed by atoms with Gasteiger partial charge in [-0.2, -0.15) is 4.94 Å². The van der Waals surface area contributed by atoms with Gasteiger partial charge in [0.25, 0.3) is 0 Å². The van der Waals surface area contributed by atoms with Crippen molar-refractivity contribution < 1.29 is 38.1 Å². The number of methoxy groups -OCH3 is 2. The van der Waals surface area contributed by atoms with E-state index >= 15 is 0 Å². The molecule has 11 nitrogen and oxygen atoms in total. The van der Waals surface area contributed by atoms with Crippen molar-refractivity contribution in [1.29, 1.82) is 0 Å². The molecule has 300 valence electrons. The fourth-order valence-electron chi connectivity index (χ4n) is 5.95. The molecule has 0 aromatic rings. The van der Waals surface area contributed by atoms with E-state index < -0.39 is 17.8 Å². The molecule has 1 amide bonds. The predicted molar refractivity (Wildman–Crippen MR) is 203 cm³/mol. The molecule has 2 fully saturated rings. The summed E-state index contributed by atoms with van der Waals surface area (Å²) in [4.78, 5) is 47.3. The second-order valence-electron chi connectivity index (χ2n) is 13.4. The van der Waals surface area contributed by atoms with Crippen molar-refractivity contribution in [2.24, 2.45) is 5.92 Å². The van der Waals surface area contributed by atoms with Crippen LogP contribution in [0.5, 0.6) is 0 Å². The summed E-state index contributed by atoms with van der Waals surface area (Å²) in [6, 6.07) is 0.356. The van der Waals surface area contributed by atoms with Crippen LogP contribution in [-0.2, 0) is 33.5 Å². The minimum absolute atomic E-state index is 0.0324. The standard InChI is InChI=1S/C24H45N3O5.C8H16FNO2.3C2H6/c1-20(18-28)21(29)9-11-23(2,32-7)10-8-14-26(5)24(19-31-6)12-15-27(16-13-24)22(30)17-25(3)4;1-6-4-7(10(2)3)5-8(11-6)12-9;3*1-2/h18,20H,8-17,19H2,1-7H3;6-8H,4-5H2,1-3H3;3*1-2H3/t20?,23-;;;;/m1..../s1. The number of halogens is 1. The van der Waals surface area contributed by atoms with E-state index in [1.54, 1.807) is 21.1 Å². The first kappa shape index (κ1) is 52.8. The van der Waals surface area contributed by atoms with Crippen LogP contribution < -0.4 is 0 Å². The van der Waals surface area contributed by atoms with Gasteiger partial charge in [-0.25, -0.2) is 0 Å². The van der Waals surface area contributed by atoms with Crippen LogP contribution in [0.2, 0.25) is 0 Å². The Hall–Kier alpha value is -1.54. The highest BCUT2D eigenvalue weighted by Crippen LogP contribution is 2.30. The highest BCUT2D eigenvalue weighted by Gasteiger charge is 2.39. The molecular weight excluding hydrogens is 643 g/mol. The van der Waals surface area contributed by atoms with Crippen molar-refractivity contribution in [1.82, 2.24) is 19.6 Å². The number of likely N-dealkylation sites (N-methyl/N-ethyl adjacent to an activating group) is 2. The van der Waals surface area contributed by atoms with E-state index in [9.17, 15) is 18.9 Å². The van der Waals surface area contributed by atoms with Crippen LogP contribution in [0.4, 0.5) is 4.53 Å². The number of ether oxygens (including phenoxy) is 3. The summed E-state index contributed by atoms with van der Waals surface area (Å²) in [5.74, 6) is -0.403. The van der Waals surface area contributed by atoms with E-state index in [0.29, 0.717) is 44.7 Å². The lowest BCUT2D eigenvalue weighted by atomic mass is 9.85. The van der Waals surface area contributed by atoms with E-state index in [0.717, 1.165) is 51.7 Å². The number of Topliss-reactive ketones (excluding diaryl/α,β-unsaturated/α-hetero) is 1. The van der Waals surface area contributed by atoms with Crippen LogP contribution in [0.15, 0.2) is 0 Å². The lowest BCUT2D eigenvalue weighted by molar-refractivity contribution is -0.304. The first-order valence-electron chi connectivity index (χ1n) is 18.9. The third-order valence-electron chi connectivity index (χ3n) is 9.31. The highest BCUT2D eigenvalue weighted by atomic mass is 19.3. The van der Waals surface area contributed by atoms with Crippen molar-refractivity contribution in [3.05, 3.63) is 0 Å². The number of nitrogens with zero attached hydrogens (tertiary/aromatic N) is 4. The average Bonchev–Trinajstić information content (AvgIpc) is 3.12. The Labute approximate surface area is 306 Å². The lowest BCUT2D eigenvalue weighted by Gasteiger charge is -2.47. The molecule has 0 aliphatic carbocycles. The number of hydrogen-bond donors (Lipinski definition) is 0.